The maximum Gasteiger partial charge on any atom is 0.247 e. The molecule has 0 fully saturated rings. The fraction of sp³-hybridized carbons (Fsp3) is 0.444. The van der Waals surface area contributed by atoms with Gasteiger partial charge in [-0.05, 0) is 17.4 Å². The second-order valence-electron chi connectivity index (χ2n) is 3.48. The van der Waals surface area contributed by atoms with E-state index in [4.69, 9.17) is 4.52 Å². The Labute approximate surface area is 97.0 Å². The highest BCUT2D eigenvalue weighted by Crippen LogP contribution is 2.06. The molecule has 8 heteroatoms. The fourth-order valence-corrected chi connectivity index (χ4v) is 1.34. The first-order valence-electron chi connectivity index (χ1n) is 5.17. The van der Waals surface area contributed by atoms with Crippen LogP contribution in [-0.4, -0.2) is 31.3 Å². The first kappa shape index (κ1) is 11.2. The smallest absolute Gasteiger partial charge is 0.247 e. The number of aromatic nitrogens is 5. The third-order valence-electron chi connectivity index (χ3n) is 2.11. The molecule has 0 aliphatic carbocycles. The summed E-state index contributed by atoms with van der Waals surface area (Å²) in [4.78, 5) is 11.6. The number of hydrogen-bond donors (Lipinski definition) is 1. The third-order valence-corrected chi connectivity index (χ3v) is 2.11. The molecule has 0 aromatic carbocycles. The molecule has 2 aromatic heterocycles. The number of rotatable bonds is 4. The van der Waals surface area contributed by atoms with Crippen molar-refractivity contribution < 1.29 is 9.32 Å². The molecule has 0 radical (unpaired) electrons. The Morgan fingerprint density at radius 2 is 2.41 bits per heavy atom. The lowest BCUT2D eigenvalue weighted by Gasteiger charge is -2.02. The molecule has 0 saturated carbocycles. The summed E-state index contributed by atoms with van der Waals surface area (Å²) in [5, 5.41) is 17.3. The average Bonchev–Trinajstić information content (AvgIpc) is 2.87. The van der Waals surface area contributed by atoms with Crippen molar-refractivity contribution in [2.24, 2.45) is 0 Å². The van der Waals surface area contributed by atoms with Gasteiger partial charge in [-0.2, -0.15) is 0 Å². The van der Waals surface area contributed by atoms with Gasteiger partial charge in [0.15, 0.2) is 11.6 Å². The Morgan fingerprint density at radius 1 is 1.59 bits per heavy atom. The summed E-state index contributed by atoms with van der Waals surface area (Å²) in [5.41, 5.74) is 0. The predicted molar refractivity (Wildman–Crippen MR) is 57.1 cm³/mol. The minimum Gasteiger partial charge on any atom is -0.360 e. The Morgan fingerprint density at radius 3 is 3.06 bits per heavy atom. The van der Waals surface area contributed by atoms with Crippen LogP contribution in [0.1, 0.15) is 18.5 Å². The van der Waals surface area contributed by atoms with Crippen LogP contribution in [0.5, 0.6) is 0 Å². The predicted octanol–water partition coefficient (Wildman–Crippen LogP) is 0.171. The van der Waals surface area contributed by atoms with Gasteiger partial charge in [0.2, 0.25) is 5.91 Å². The molecule has 2 heterocycles. The Hall–Kier alpha value is -2.25. The number of nitrogens with one attached hydrogen (secondary N) is 1. The fourth-order valence-electron chi connectivity index (χ4n) is 1.34. The average molecular weight is 236 g/mol. The third kappa shape index (κ3) is 2.65. The maximum atomic E-state index is 11.6. The summed E-state index contributed by atoms with van der Waals surface area (Å²) in [6.07, 6.45) is 0.670. The van der Waals surface area contributed by atoms with E-state index in [1.807, 2.05) is 6.92 Å². The van der Waals surface area contributed by atoms with E-state index in [-0.39, 0.29) is 12.5 Å². The van der Waals surface area contributed by atoms with Crippen LogP contribution in [-0.2, 0) is 17.8 Å². The normalized spacial score (nSPS) is 10.5. The zero-order valence-corrected chi connectivity index (χ0v) is 9.54. The summed E-state index contributed by atoms with van der Waals surface area (Å²) >= 11 is 0. The number of nitrogens with zero attached hydrogens (tertiary/aromatic N) is 5. The lowest BCUT2D eigenvalue weighted by Crippen LogP contribution is -2.21. The van der Waals surface area contributed by atoms with Crippen molar-refractivity contribution in [2.75, 3.05) is 5.32 Å². The van der Waals surface area contributed by atoms with E-state index in [1.54, 1.807) is 13.0 Å². The van der Waals surface area contributed by atoms with Crippen LogP contribution < -0.4 is 5.32 Å². The number of amides is 1. The zero-order valence-electron chi connectivity index (χ0n) is 9.54. The summed E-state index contributed by atoms with van der Waals surface area (Å²) < 4.78 is 6.28. The van der Waals surface area contributed by atoms with Gasteiger partial charge in [0, 0.05) is 12.5 Å². The van der Waals surface area contributed by atoms with Gasteiger partial charge in [0.1, 0.15) is 12.3 Å². The van der Waals surface area contributed by atoms with Crippen molar-refractivity contribution in [3.05, 3.63) is 17.7 Å². The van der Waals surface area contributed by atoms with Gasteiger partial charge in [0.05, 0.1) is 0 Å². The largest absolute Gasteiger partial charge is 0.360 e. The molecule has 2 aromatic rings. The van der Waals surface area contributed by atoms with Crippen molar-refractivity contribution in [3.63, 3.8) is 0 Å². The van der Waals surface area contributed by atoms with Crippen LogP contribution in [0.4, 0.5) is 5.82 Å². The topological polar surface area (TPSA) is 98.7 Å². The Balaban J connectivity index is 1.98. The van der Waals surface area contributed by atoms with Crippen molar-refractivity contribution in [3.8, 4) is 0 Å². The number of anilines is 1. The molecule has 0 spiro atoms. The van der Waals surface area contributed by atoms with Crippen molar-refractivity contribution in [2.45, 2.75) is 26.8 Å². The molecule has 0 bridgehead atoms. The van der Waals surface area contributed by atoms with Gasteiger partial charge in [-0.1, -0.05) is 12.1 Å². The van der Waals surface area contributed by atoms with E-state index >= 15 is 0 Å². The molecule has 0 aliphatic rings. The van der Waals surface area contributed by atoms with Gasteiger partial charge in [-0.3, -0.25) is 4.79 Å². The minimum absolute atomic E-state index is 0.0576. The van der Waals surface area contributed by atoms with Gasteiger partial charge in [-0.15, -0.1) is 5.10 Å². The van der Waals surface area contributed by atoms with E-state index in [9.17, 15) is 4.79 Å². The molecule has 1 amide bonds. The minimum atomic E-state index is -0.250. The van der Waals surface area contributed by atoms with E-state index in [1.165, 1.54) is 4.68 Å². The van der Waals surface area contributed by atoms with Crippen molar-refractivity contribution >= 4 is 11.7 Å². The quantitative estimate of drug-likeness (QED) is 0.812. The van der Waals surface area contributed by atoms with Crippen LogP contribution >= 0.6 is 0 Å². The van der Waals surface area contributed by atoms with Crippen LogP contribution in [0.15, 0.2) is 10.6 Å². The molecule has 0 atom stereocenters. The summed E-state index contributed by atoms with van der Waals surface area (Å²) in [6.45, 7) is 3.72. The standard InChI is InChI=1S/C9H12N6O2/c1-3-8-11-13-14-15(8)5-9(16)10-7-4-6(2)17-12-7/h4H,3,5H2,1-2H3,(H,10,12,16). The van der Waals surface area contributed by atoms with Gasteiger partial charge in [0.25, 0.3) is 0 Å². The van der Waals surface area contributed by atoms with E-state index in [0.717, 1.165) is 0 Å². The Kier molecular flexibility index (Phi) is 3.12. The molecule has 90 valence electrons. The highest BCUT2D eigenvalue weighted by Gasteiger charge is 2.10. The molecule has 17 heavy (non-hydrogen) atoms. The van der Waals surface area contributed by atoms with Crippen molar-refractivity contribution in [1.29, 1.82) is 0 Å². The van der Waals surface area contributed by atoms with Crippen LogP contribution in [0.25, 0.3) is 0 Å². The zero-order chi connectivity index (χ0) is 12.3. The molecular weight excluding hydrogens is 224 g/mol. The molecule has 0 aliphatic heterocycles. The first-order chi connectivity index (χ1) is 8.19. The molecule has 0 unspecified atom stereocenters. The molecule has 8 nitrogen and oxygen atoms in total. The number of hydrogen-bond acceptors (Lipinski definition) is 6. The lowest BCUT2D eigenvalue weighted by molar-refractivity contribution is -0.117. The molecular formula is C9H12N6O2. The summed E-state index contributed by atoms with van der Waals surface area (Å²) in [6, 6.07) is 1.64. The van der Waals surface area contributed by atoms with E-state index in [0.29, 0.717) is 23.8 Å². The first-order valence-corrected chi connectivity index (χ1v) is 5.17. The number of tetrazole rings is 1. The van der Waals surface area contributed by atoms with Gasteiger partial charge < -0.3 is 9.84 Å². The van der Waals surface area contributed by atoms with Crippen molar-refractivity contribution in [1.82, 2.24) is 25.4 Å². The summed E-state index contributed by atoms with van der Waals surface area (Å²) in [7, 11) is 0. The number of aryl methyl sites for hydroxylation is 2. The number of carbonyl (C=O) groups excluding carboxylic acids is 1. The second-order valence-corrected chi connectivity index (χ2v) is 3.48. The second kappa shape index (κ2) is 4.73. The van der Waals surface area contributed by atoms with E-state index in [2.05, 4.69) is 26.0 Å². The highest BCUT2D eigenvalue weighted by molar-refractivity contribution is 5.89. The summed E-state index contributed by atoms with van der Waals surface area (Å²) in [5.74, 6) is 1.44. The van der Waals surface area contributed by atoms with Gasteiger partial charge in [-0.25, -0.2) is 4.68 Å². The lowest BCUT2D eigenvalue weighted by atomic mass is 10.4. The van der Waals surface area contributed by atoms with Crippen LogP contribution in [0, 0.1) is 6.92 Å². The molecule has 0 saturated heterocycles. The maximum absolute atomic E-state index is 11.6. The Bertz CT molecular complexity index is 517. The molecule has 1 N–H and O–H groups in total. The number of carbonyl (C=O) groups is 1. The molecule has 2 rings (SSSR count). The van der Waals surface area contributed by atoms with E-state index < -0.39 is 0 Å². The van der Waals surface area contributed by atoms with Gasteiger partial charge >= 0.3 is 0 Å². The highest BCUT2D eigenvalue weighted by atomic mass is 16.5. The van der Waals surface area contributed by atoms with Crippen LogP contribution in [0.2, 0.25) is 0 Å². The van der Waals surface area contributed by atoms with Crippen LogP contribution in [0.3, 0.4) is 0 Å². The SMILES string of the molecule is CCc1nnnn1CC(=O)Nc1cc(C)on1. The monoisotopic (exact) mass is 236 g/mol.